The molecule has 2 rings (SSSR count). The SMILES string of the molecule is CCOC(=O)c1sc(N=Cc2c(O)[nH]c(=O)c(C#N)c2C)c(C(=O)OCC)c1C. The first-order chi connectivity index (χ1) is 13.8. The van der Waals surface area contributed by atoms with Crippen LogP contribution in [0.15, 0.2) is 9.79 Å². The molecule has 0 spiro atoms. The van der Waals surface area contributed by atoms with Crippen molar-refractivity contribution in [3.63, 3.8) is 0 Å². The maximum atomic E-state index is 12.4. The Kier molecular flexibility index (Phi) is 6.90. The van der Waals surface area contributed by atoms with Gasteiger partial charge in [-0.3, -0.25) is 9.78 Å². The molecular formula is C19H19N3O6S. The first-order valence-electron chi connectivity index (χ1n) is 8.64. The Morgan fingerprint density at radius 3 is 2.41 bits per heavy atom. The van der Waals surface area contributed by atoms with Gasteiger partial charge in [-0.1, -0.05) is 0 Å². The average molecular weight is 417 g/mol. The third-order valence-corrected chi connectivity index (χ3v) is 5.16. The fourth-order valence-corrected chi connectivity index (χ4v) is 3.59. The summed E-state index contributed by atoms with van der Waals surface area (Å²) in [6.07, 6.45) is 1.21. The predicted octanol–water partition coefficient (Wildman–Crippen LogP) is 2.73. The molecule has 10 heteroatoms. The molecule has 29 heavy (non-hydrogen) atoms. The number of nitrogens with one attached hydrogen (secondary N) is 1. The number of hydrogen-bond donors (Lipinski definition) is 2. The number of carbonyl (C=O) groups excluding carboxylic acids is 2. The Balaban J connectivity index is 2.62. The predicted molar refractivity (Wildman–Crippen MR) is 106 cm³/mol. The molecule has 2 aromatic heterocycles. The molecule has 0 aromatic carbocycles. The van der Waals surface area contributed by atoms with Crippen molar-refractivity contribution in [1.82, 2.24) is 4.98 Å². The lowest BCUT2D eigenvalue weighted by Crippen LogP contribution is -2.14. The van der Waals surface area contributed by atoms with Crippen LogP contribution in [0, 0.1) is 25.2 Å². The van der Waals surface area contributed by atoms with Gasteiger partial charge in [0.1, 0.15) is 27.1 Å². The first-order valence-corrected chi connectivity index (χ1v) is 9.45. The minimum Gasteiger partial charge on any atom is -0.494 e. The summed E-state index contributed by atoms with van der Waals surface area (Å²) in [7, 11) is 0. The zero-order chi connectivity index (χ0) is 21.7. The van der Waals surface area contributed by atoms with E-state index in [4.69, 9.17) is 14.7 Å². The van der Waals surface area contributed by atoms with Crippen molar-refractivity contribution in [2.75, 3.05) is 13.2 Å². The van der Waals surface area contributed by atoms with Gasteiger partial charge in [0, 0.05) is 6.21 Å². The second kappa shape index (κ2) is 9.16. The van der Waals surface area contributed by atoms with E-state index in [1.807, 2.05) is 0 Å². The van der Waals surface area contributed by atoms with Crippen LogP contribution in [0.3, 0.4) is 0 Å². The van der Waals surface area contributed by atoms with Crippen molar-refractivity contribution in [3.8, 4) is 11.9 Å². The molecule has 2 heterocycles. The largest absolute Gasteiger partial charge is 0.494 e. The Bertz CT molecular complexity index is 1090. The van der Waals surface area contributed by atoms with Gasteiger partial charge in [0.05, 0.1) is 18.8 Å². The molecular weight excluding hydrogens is 398 g/mol. The molecule has 0 bridgehead atoms. The van der Waals surface area contributed by atoms with Gasteiger partial charge in [0.2, 0.25) is 5.88 Å². The number of H-pyrrole nitrogens is 1. The summed E-state index contributed by atoms with van der Waals surface area (Å²) in [5.41, 5.74) is -0.0564. The van der Waals surface area contributed by atoms with Crippen molar-refractivity contribution >= 4 is 34.5 Å². The molecule has 0 saturated carbocycles. The molecule has 2 aromatic rings. The highest BCUT2D eigenvalue weighted by molar-refractivity contribution is 7.18. The van der Waals surface area contributed by atoms with E-state index >= 15 is 0 Å². The van der Waals surface area contributed by atoms with Crippen LogP contribution >= 0.6 is 11.3 Å². The lowest BCUT2D eigenvalue weighted by atomic mass is 10.1. The molecule has 152 valence electrons. The number of rotatable bonds is 6. The van der Waals surface area contributed by atoms with Crippen LogP contribution in [-0.4, -0.2) is 41.5 Å². The normalized spacial score (nSPS) is 10.7. The molecule has 0 unspecified atom stereocenters. The minimum atomic E-state index is -0.719. The van der Waals surface area contributed by atoms with Crippen LogP contribution in [-0.2, 0) is 9.47 Å². The third-order valence-electron chi connectivity index (χ3n) is 3.98. The number of esters is 2. The maximum Gasteiger partial charge on any atom is 0.348 e. The Labute approximate surface area is 170 Å². The van der Waals surface area contributed by atoms with Crippen molar-refractivity contribution in [3.05, 3.63) is 43.0 Å². The quantitative estimate of drug-likeness (QED) is 0.543. The van der Waals surface area contributed by atoms with E-state index in [2.05, 4.69) is 9.98 Å². The van der Waals surface area contributed by atoms with Gasteiger partial charge >= 0.3 is 11.9 Å². The highest BCUT2D eigenvalue weighted by Gasteiger charge is 2.26. The Hall–Kier alpha value is -3.45. The lowest BCUT2D eigenvalue weighted by molar-refractivity contribution is 0.0527. The average Bonchev–Trinajstić information content (AvgIpc) is 2.98. The van der Waals surface area contributed by atoms with Crippen molar-refractivity contribution in [1.29, 1.82) is 5.26 Å². The minimum absolute atomic E-state index is 0.109. The number of carbonyl (C=O) groups is 2. The van der Waals surface area contributed by atoms with Gasteiger partial charge in [0.25, 0.3) is 5.56 Å². The molecule has 0 saturated heterocycles. The third kappa shape index (κ3) is 4.35. The van der Waals surface area contributed by atoms with Gasteiger partial charge in [-0.15, -0.1) is 11.3 Å². The highest BCUT2D eigenvalue weighted by Crippen LogP contribution is 2.36. The summed E-state index contributed by atoms with van der Waals surface area (Å²) < 4.78 is 10.1. The van der Waals surface area contributed by atoms with E-state index in [1.165, 1.54) is 13.1 Å². The van der Waals surface area contributed by atoms with Crippen LogP contribution in [0.4, 0.5) is 5.00 Å². The van der Waals surface area contributed by atoms with E-state index in [0.29, 0.717) is 5.56 Å². The van der Waals surface area contributed by atoms with Crippen molar-refractivity contribution < 1.29 is 24.2 Å². The van der Waals surface area contributed by atoms with Gasteiger partial charge in [0.15, 0.2) is 0 Å². The van der Waals surface area contributed by atoms with Crippen LogP contribution in [0.25, 0.3) is 0 Å². The molecule has 2 N–H and O–H groups in total. The van der Waals surface area contributed by atoms with Crippen LogP contribution in [0.5, 0.6) is 5.88 Å². The highest BCUT2D eigenvalue weighted by atomic mass is 32.1. The lowest BCUT2D eigenvalue weighted by Gasteiger charge is -2.05. The number of aliphatic imine (C=N–C) groups is 1. The molecule has 9 nitrogen and oxygen atoms in total. The number of aromatic nitrogens is 1. The maximum absolute atomic E-state index is 12.4. The number of ether oxygens (including phenoxy) is 2. The summed E-state index contributed by atoms with van der Waals surface area (Å²) in [5, 5.41) is 19.3. The second-order valence-electron chi connectivity index (χ2n) is 5.76. The second-order valence-corrected chi connectivity index (χ2v) is 6.76. The number of thiophene rings is 1. The van der Waals surface area contributed by atoms with Gasteiger partial charge in [-0.2, -0.15) is 5.26 Å². The van der Waals surface area contributed by atoms with Crippen LogP contribution in [0.2, 0.25) is 0 Å². The number of nitrogens with zero attached hydrogens (tertiary/aromatic N) is 2. The van der Waals surface area contributed by atoms with Crippen molar-refractivity contribution in [2.45, 2.75) is 27.7 Å². The monoisotopic (exact) mass is 417 g/mol. The number of pyridine rings is 1. The standard InChI is InChI=1S/C19H19N3O6S/c1-5-27-18(25)13-10(4)14(19(26)28-6-2)29-17(13)21-8-12-9(3)11(7-20)15(23)22-16(12)24/h8H,5-6H2,1-4H3,(H2,22,23,24). The van der Waals surface area contributed by atoms with Crippen LogP contribution in [0.1, 0.15) is 56.1 Å². The van der Waals surface area contributed by atoms with E-state index < -0.39 is 23.4 Å². The first kappa shape index (κ1) is 21.8. The summed E-state index contributed by atoms with van der Waals surface area (Å²) >= 11 is 0.941. The zero-order valence-corrected chi connectivity index (χ0v) is 17.1. The van der Waals surface area contributed by atoms with E-state index in [-0.39, 0.29) is 45.3 Å². The van der Waals surface area contributed by atoms with Gasteiger partial charge in [-0.25, -0.2) is 14.6 Å². The molecule has 0 atom stereocenters. The molecule has 0 aliphatic rings. The fourth-order valence-electron chi connectivity index (χ4n) is 2.56. The van der Waals surface area contributed by atoms with E-state index in [9.17, 15) is 19.5 Å². The molecule has 0 radical (unpaired) electrons. The topological polar surface area (TPSA) is 142 Å². The Morgan fingerprint density at radius 1 is 1.21 bits per heavy atom. The summed E-state index contributed by atoms with van der Waals surface area (Å²) in [6.45, 7) is 6.71. The van der Waals surface area contributed by atoms with Crippen LogP contribution < -0.4 is 5.56 Å². The molecule has 0 aliphatic carbocycles. The summed E-state index contributed by atoms with van der Waals surface area (Å²) in [4.78, 5) is 42.9. The van der Waals surface area contributed by atoms with Gasteiger partial charge < -0.3 is 14.6 Å². The van der Waals surface area contributed by atoms with E-state index in [1.54, 1.807) is 26.8 Å². The summed E-state index contributed by atoms with van der Waals surface area (Å²) in [5.74, 6) is -1.70. The zero-order valence-electron chi connectivity index (χ0n) is 16.3. The number of aromatic hydroxyl groups is 1. The van der Waals surface area contributed by atoms with Crippen molar-refractivity contribution in [2.24, 2.45) is 4.99 Å². The molecule has 0 aliphatic heterocycles. The van der Waals surface area contributed by atoms with Gasteiger partial charge in [-0.05, 0) is 38.8 Å². The number of aromatic amines is 1. The fraction of sp³-hybridized carbons (Fsp3) is 0.316. The summed E-state index contributed by atoms with van der Waals surface area (Å²) in [6, 6.07) is 1.77. The number of hydrogen-bond acceptors (Lipinski definition) is 9. The van der Waals surface area contributed by atoms with E-state index in [0.717, 1.165) is 11.3 Å². The molecule has 0 amide bonds. The Morgan fingerprint density at radius 2 is 1.83 bits per heavy atom. The smallest absolute Gasteiger partial charge is 0.348 e. The number of nitriles is 1. The molecule has 0 fully saturated rings.